The minimum absolute atomic E-state index is 0.238. The Bertz CT molecular complexity index is 348. The lowest BCUT2D eigenvalue weighted by Crippen LogP contribution is -2.42. The maximum absolute atomic E-state index is 12.4. The van der Waals surface area contributed by atoms with Crippen LogP contribution in [-0.2, 0) is 14.8 Å². The number of methoxy groups -OCH3 is 1. The average Bonchev–Trinajstić information content (AvgIpc) is 3.14. The fourth-order valence-electron chi connectivity index (χ4n) is 2.55. The van der Waals surface area contributed by atoms with Crippen molar-refractivity contribution in [3.8, 4) is 0 Å². The first kappa shape index (κ1) is 14.2. The van der Waals surface area contributed by atoms with E-state index in [2.05, 4.69) is 5.32 Å². The molecule has 5 nitrogen and oxygen atoms in total. The van der Waals surface area contributed by atoms with Crippen LogP contribution in [0.1, 0.15) is 25.7 Å². The molecule has 0 bridgehead atoms. The normalized spacial score (nSPS) is 25.6. The van der Waals surface area contributed by atoms with Gasteiger partial charge in [0.25, 0.3) is 0 Å². The molecule has 18 heavy (non-hydrogen) atoms. The number of sulfonamides is 1. The summed E-state index contributed by atoms with van der Waals surface area (Å²) in [6.45, 7) is 2.84. The van der Waals surface area contributed by atoms with Crippen molar-refractivity contribution >= 4 is 10.0 Å². The van der Waals surface area contributed by atoms with Crippen molar-refractivity contribution in [3.63, 3.8) is 0 Å². The molecule has 0 amide bonds. The van der Waals surface area contributed by atoms with Crippen LogP contribution in [0.15, 0.2) is 0 Å². The van der Waals surface area contributed by atoms with E-state index in [1.54, 1.807) is 11.4 Å². The first-order chi connectivity index (χ1) is 8.63. The molecule has 0 aromatic heterocycles. The second-order valence-electron chi connectivity index (χ2n) is 5.33. The predicted octanol–water partition coefficient (Wildman–Crippen LogP) is 0.427. The van der Waals surface area contributed by atoms with E-state index in [0.717, 1.165) is 38.8 Å². The van der Waals surface area contributed by atoms with Crippen LogP contribution in [0.2, 0.25) is 0 Å². The third-order valence-electron chi connectivity index (χ3n) is 3.67. The molecular weight excluding hydrogens is 252 g/mol. The number of nitrogens with one attached hydrogen (secondary N) is 1. The van der Waals surface area contributed by atoms with Gasteiger partial charge in [-0.2, -0.15) is 4.31 Å². The van der Waals surface area contributed by atoms with Crippen LogP contribution in [0, 0.1) is 5.92 Å². The highest BCUT2D eigenvalue weighted by molar-refractivity contribution is 7.89. The summed E-state index contributed by atoms with van der Waals surface area (Å²) in [7, 11) is -1.50. The third kappa shape index (κ3) is 3.91. The molecule has 106 valence electrons. The molecule has 0 aromatic rings. The van der Waals surface area contributed by atoms with Gasteiger partial charge in [0.15, 0.2) is 0 Å². The van der Waals surface area contributed by atoms with Gasteiger partial charge in [0, 0.05) is 19.7 Å². The summed E-state index contributed by atoms with van der Waals surface area (Å²) in [5, 5.41) is 3.28. The Morgan fingerprint density at radius 1 is 1.33 bits per heavy atom. The summed E-state index contributed by atoms with van der Waals surface area (Å²) in [6.07, 6.45) is 4.12. The highest BCUT2D eigenvalue weighted by atomic mass is 32.2. The Balaban J connectivity index is 1.93. The lowest BCUT2D eigenvalue weighted by atomic mass is 10.0. The number of hydrogen-bond donors (Lipinski definition) is 1. The van der Waals surface area contributed by atoms with Crippen LogP contribution in [-0.4, -0.2) is 57.9 Å². The molecule has 1 saturated carbocycles. The number of ether oxygens (including phenoxy) is 1. The topological polar surface area (TPSA) is 58.6 Å². The van der Waals surface area contributed by atoms with E-state index in [9.17, 15) is 8.42 Å². The summed E-state index contributed by atoms with van der Waals surface area (Å²) in [4.78, 5) is 0. The molecule has 2 aliphatic rings. The van der Waals surface area contributed by atoms with E-state index < -0.39 is 10.0 Å². The van der Waals surface area contributed by atoms with Gasteiger partial charge in [-0.25, -0.2) is 8.42 Å². The maximum atomic E-state index is 12.4. The zero-order valence-electron chi connectivity index (χ0n) is 11.1. The van der Waals surface area contributed by atoms with Gasteiger partial charge >= 0.3 is 0 Å². The molecule has 2 rings (SSSR count). The van der Waals surface area contributed by atoms with Gasteiger partial charge < -0.3 is 10.1 Å². The van der Waals surface area contributed by atoms with Crippen molar-refractivity contribution in [1.29, 1.82) is 0 Å². The first-order valence-electron chi connectivity index (χ1n) is 6.82. The van der Waals surface area contributed by atoms with Crippen LogP contribution in [0.25, 0.3) is 0 Å². The second kappa shape index (κ2) is 6.32. The van der Waals surface area contributed by atoms with E-state index >= 15 is 0 Å². The van der Waals surface area contributed by atoms with Crippen molar-refractivity contribution in [1.82, 2.24) is 9.62 Å². The molecule has 0 aromatic carbocycles. The summed E-state index contributed by atoms with van der Waals surface area (Å²) in [5.41, 5.74) is 0. The Morgan fingerprint density at radius 3 is 2.67 bits per heavy atom. The molecule has 6 heteroatoms. The first-order valence-corrected chi connectivity index (χ1v) is 8.43. The Hall–Kier alpha value is -0.170. The fourth-order valence-corrected chi connectivity index (χ4v) is 4.64. The fraction of sp³-hybridized carbons (Fsp3) is 1.00. The zero-order chi connectivity index (χ0) is 13.0. The van der Waals surface area contributed by atoms with Crippen LogP contribution >= 0.6 is 0 Å². The zero-order valence-corrected chi connectivity index (χ0v) is 11.9. The minimum atomic E-state index is -3.12. The summed E-state index contributed by atoms with van der Waals surface area (Å²) in [6, 6.07) is 0.238. The van der Waals surface area contributed by atoms with Gasteiger partial charge in [-0.3, -0.25) is 0 Å². The molecule has 1 unspecified atom stereocenters. The summed E-state index contributed by atoms with van der Waals surface area (Å²) < 4.78 is 31.5. The van der Waals surface area contributed by atoms with Gasteiger partial charge in [0.05, 0.1) is 12.4 Å². The Labute approximate surface area is 110 Å². The Kier molecular flexibility index (Phi) is 5.00. The monoisotopic (exact) mass is 276 g/mol. The smallest absolute Gasteiger partial charge is 0.214 e. The van der Waals surface area contributed by atoms with E-state index in [1.165, 1.54) is 0 Å². The highest BCUT2D eigenvalue weighted by Crippen LogP contribution is 2.30. The van der Waals surface area contributed by atoms with E-state index in [4.69, 9.17) is 4.74 Å². The Morgan fingerprint density at radius 2 is 2.11 bits per heavy atom. The number of hydrogen-bond acceptors (Lipinski definition) is 4. The second-order valence-corrected chi connectivity index (χ2v) is 7.29. The lowest BCUT2D eigenvalue weighted by molar-refractivity contribution is 0.177. The van der Waals surface area contributed by atoms with Crippen LogP contribution in [0.3, 0.4) is 0 Å². The molecule has 2 fully saturated rings. The minimum Gasteiger partial charge on any atom is -0.383 e. The SMILES string of the molecule is COCCN(C1CC1)S(=O)(=O)CC1CCCNC1. The number of nitrogens with zero attached hydrogens (tertiary/aromatic N) is 1. The quantitative estimate of drug-likeness (QED) is 0.732. The largest absolute Gasteiger partial charge is 0.383 e. The van der Waals surface area contributed by atoms with Crippen molar-refractivity contribution in [3.05, 3.63) is 0 Å². The van der Waals surface area contributed by atoms with E-state index in [-0.39, 0.29) is 12.0 Å². The van der Waals surface area contributed by atoms with Gasteiger partial charge in [0.2, 0.25) is 10.0 Å². The molecule has 1 N–H and O–H groups in total. The van der Waals surface area contributed by atoms with Crippen molar-refractivity contribution in [2.45, 2.75) is 31.7 Å². The standard InChI is InChI=1S/C12H24N2O3S/c1-17-8-7-14(12-4-5-12)18(15,16)10-11-3-2-6-13-9-11/h11-13H,2-10H2,1H3. The van der Waals surface area contributed by atoms with E-state index in [1.807, 2.05) is 0 Å². The molecular formula is C12H24N2O3S. The van der Waals surface area contributed by atoms with E-state index in [0.29, 0.717) is 18.9 Å². The predicted molar refractivity (Wildman–Crippen MR) is 71.0 cm³/mol. The number of piperidine rings is 1. The lowest BCUT2D eigenvalue weighted by Gasteiger charge is -2.27. The molecule has 1 saturated heterocycles. The summed E-state index contributed by atoms with van der Waals surface area (Å²) >= 11 is 0. The molecule has 0 radical (unpaired) electrons. The molecule has 1 heterocycles. The van der Waals surface area contributed by atoms with Gasteiger partial charge in [0.1, 0.15) is 0 Å². The summed E-state index contributed by atoms with van der Waals surface area (Å²) in [5.74, 6) is 0.563. The third-order valence-corrected chi connectivity index (χ3v) is 5.76. The van der Waals surface area contributed by atoms with Gasteiger partial charge in [-0.1, -0.05) is 0 Å². The molecule has 0 spiro atoms. The van der Waals surface area contributed by atoms with Gasteiger partial charge in [-0.15, -0.1) is 0 Å². The van der Waals surface area contributed by atoms with Crippen LogP contribution in [0.4, 0.5) is 0 Å². The molecule has 1 aliphatic heterocycles. The van der Waals surface area contributed by atoms with Crippen molar-refractivity contribution < 1.29 is 13.2 Å². The average molecular weight is 276 g/mol. The van der Waals surface area contributed by atoms with Gasteiger partial charge in [-0.05, 0) is 44.7 Å². The van der Waals surface area contributed by atoms with Crippen LogP contribution in [0.5, 0.6) is 0 Å². The van der Waals surface area contributed by atoms with Crippen molar-refractivity contribution in [2.24, 2.45) is 5.92 Å². The highest BCUT2D eigenvalue weighted by Gasteiger charge is 2.37. The number of rotatable bonds is 7. The maximum Gasteiger partial charge on any atom is 0.214 e. The molecule has 1 aliphatic carbocycles. The van der Waals surface area contributed by atoms with Crippen LogP contribution < -0.4 is 5.32 Å². The van der Waals surface area contributed by atoms with Crippen molar-refractivity contribution in [2.75, 3.05) is 39.1 Å². The molecule has 1 atom stereocenters.